The molecule has 0 saturated carbocycles. The smallest absolute Gasteiger partial charge is 0.244 e. The third kappa shape index (κ3) is 8.96. The van der Waals surface area contributed by atoms with Gasteiger partial charge >= 0.3 is 0 Å². The first-order chi connectivity index (χ1) is 19.4. The molecule has 3 aromatic carbocycles. The highest BCUT2D eigenvalue weighted by Gasteiger charge is 2.34. The topological polar surface area (TPSA) is 96.0 Å². The van der Waals surface area contributed by atoms with Crippen LogP contribution in [0.4, 0.5) is 5.69 Å². The maximum atomic E-state index is 14.2. The molecule has 0 unspecified atom stereocenters. The highest BCUT2D eigenvalue weighted by molar-refractivity contribution is 7.92. The highest BCUT2D eigenvalue weighted by Crippen LogP contribution is 2.33. The van der Waals surface area contributed by atoms with Gasteiger partial charge in [0.2, 0.25) is 21.8 Å². The molecule has 0 aliphatic carbocycles. The molecule has 8 nitrogen and oxygen atoms in total. The predicted molar refractivity (Wildman–Crippen MR) is 164 cm³/mol. The summed E-state index contributed by atoms with van der Waals surface area (Å²) in [5.41, 5.74) is 2.87. The molecule has 0 aromatic heterocycles. The predicted octanol–water partition coefficient (Wildman–Crippen LogP) is 4.98. The Morgan fingerprint density at radius 3 is 2.24 bits per heavy atom. The SMILES string of the molecule is CC[C@H](C)NC(=O)[C@H](Cc1ccccc1)N(Cc1ccc(C)cc1)C(=O)CN(c1cc(Cl)ccc1OC)S(C)(=O)=O. The first kappa shape index (κ1) is 32.0. The summed E-state index contributed by atoms with van der Waals surface area (Å²) in [6.45, 7) is 5.39. The van der Waals surface area contributed by atoms with Crippen molar-refractivity contribution in [2.75, 3.05) is 24.2 Å². The van der Waals surface area contributed by atoms with Crippen molar-refractivity contribution in [1.82, 2.24) is 10.2 Å². The lowest BCUT2D eigenvalue weighted by atomic mass is 10.0. The summed E-state index contributed by atoms with van der Waals surface area (Å²) >= 11 is 6.21. The fraction of sp³-hybridized carbons (Fsp3) is 0.355. The van der Waals surface area contributed by atoms with Crippen molar-refractivity contribution in [3.8, 4) is 5.75 Å². The summed E-state index contributed by atoms with van der Waals surface area (Å²) in [5, 5.41) is 3.30. The van der Waals surface area contributed by atoms with Gasteiger partial charge in [0.1, 0.15) is 18.3 Å². The number of nitrogens with zero attached hydrogens (tertiary/aromatic N) is 2. The molecule has 3 aromatic rings. The van der Waals surface area contributed by atoms with Crippen LogP contribution in [0.1, 0.15) is 37.0 Å². The number of sulfonamides is 1. The molecule has 0 bridgehead atoms. The van der Waals surface area contributed by atoms with Gasteiger partial charge in [0, 0.05) is 24.0 Å². The van der Waals surface area contributed by atoms with E-state index >= 15 is 0 Å². The Morgan fingerprint density at radius 1 is 1.00 bits per heavy atom. The summed E-state index contributed by atoms with van der Waals surface area (Å²) in [6, 6.07) is 20.7. The number of ether oxygens (including phenoxy) is 1. The number of methoxy groups -OCH3 is 1. The van der Waals surface area contributed by atoms with Gasteiger partial charge in [-0.15, -0.1) is 0 Å². The largest absolute Gasteiger partial charge is 0.495 e. The van der Waals surface area contributed by atoms with Crippen LogP contribution in [0.5, 0.6) is 5.75 Å². The Hall–Kier alpha value is -3.56. The quantitative estimate of drug-likeness (QED) is 0.299. The molecule has 0 radical (unpaired) electrons. The van der Waals surface area contributed by atoms with Crippen LogP contribution in [0.3, 0.4) is 0 Å². The zero-order valence-electron chi connectivity index (χ0n) is 24.1. The maximum Gasteiger partial charge on any atom is 0.244 e. The summed E-state index contributed by atoms with van der Waals surface area (Å²) in [5.74, 6) is -0.610. The molecule has 220 valence electrons. The summed E-state index contributed by atoms with van der Waals surface area (Å²) < 4.78 is 32.4. The molecule has 10 heteroatoms. The van der Waals surface area contributed by atoms with Gasteiger partial charge < -0.3 is 15.0 Å². The molecule has 3 rings (SSSR count). The minimum absolute atomic E-state index is 0.106. The zero-order valence-corrected chi connectivity index (χ0v) is 25.7. The number of hydrogen-bond donors (Lipinski definition) is 1. The highest BCUT2D eigenvalue weighted by atomic mass is 35.5. The number of benzene rings is 3. The number of hydrogen-bond acceptors (Lipinski definition) is 5. The van der Waals surface area contributed by atoms with Crippen LogP contribution in [0.15, 0.2) is 72.8 Å². The number of amides is 2. The summed E-state index contributed by atoms with van der Waals surface area (Å²) in [6.07, 6.45) is 1.98. The van der Waals surface area contributed by atoms with Crippen molar-refractivity contribution in [1.29, 1.82) is 0 Å². The molecule has 0 heterocycles. The zero-order chi connectivity index (χ0) is 30.2. The van der Waals surface area contributed by atoms with E-state index in [1.165, 1.54) is 18.1 Å². The number of aryl methyl sites for hydroxylation is 1. The fourth-order valence-electron chi connectivity index (χ4n) is 4.34. The van der Waals surface area contributed by atoms with Gasteiger partial charge in [-0.05, 0) is 49.6 Å². The van der Waals surface area contributed by atoms with Crippen molar-refractivity contribution >= 4 is 39.1 Å². The maximum absolute atomic E-state index is 14.2. The average Bonchev–Trinajstić information content (AvgIpc) is 2.94. The van der Waals surface area contributed by atoms with Crippen LogP contribution >= 0.6 is 11.6 Å². The van der Waals surface area contributed by atoms with Crippen LogP contribution in [-0.4, -0.2) is 57.1 Å². The second-order valence-electron chi connectivity index (χ2n) is 10.1. The second kappa shape index (κ2) is 14.4. The summed E-state index contributed by atoms with van der Waals surface area (Å²) in [4.78, 5) is 29.4. The van der Waals surface area contributed by atoms with E-state index in [-0.39, 0.29) is 41.4 Å². The molecular formula is C31H38ClN3O5S. The average molecular weight is 600 g/mol. The van der Waals surface area contributed by atoms with Crippen LogP contribution in [0, 0.1) is 6.92 Å². The first-order valence-corrected chi connectivity index (χ1v) is 15.7. The van der Waals surface area contributed by atoms with Gasteiger partial charge in [-0.25, -0.2) is 8.42 Å². The molecule has 0 saturated heterocycles. The lowest BCUT2D eigenvalue weighted by Gasteiger charge is -2.34. The molecule has 2 amide bonds. The van der Waals surface area contributed by atoms with E-state index in [9.17, 15) is 18.0 Å². The van der Waals surface area contributed by atoms with Gasteiger partial charge in [-0.1, -0.05) is 78.7 Å². The number of nitrogens with one attached hydrogen (secondary N) is 1. The second-order valence-corrected chi connectivity index (χ2v) is 12.5. The van der Waals surface area contributed by atoms with E-state index in [4.69, 9.17) is 16.3 Å². The minimum Gasteiger partial charge on any atom is -0.495 e. The van der Waals surface area contributed by atoms with Gasteiger partial charge in [-0.2, -0.15) is 0 Å². The van der Waals surface area contributed by atoms with E-state index in [1.54, 1.807) is 12.1 Å². The first-order valence-electron chi connectivity index (χ1n) is 13.4. The Kier molecular flexibility index (Phi) is 11.2. The van der Waals surface area contributed by atoms with E-state index < -0.39 is 28.5 Å². The third-order valence-corrected chi connectivity index (χ3v) is 8.20. The van der Waals surface area contributed by atoms with Crippen LogP contribution in [-0.2, 0) is 32.6 Å². The van der Waals surface area contributed by atoms with Crippen molar-refractivity contribution in [3.05, 3.63) is 94.5 Å². The lowest BCUT2D eigenvalue weighted by Crippen LogP contribution is -2.54. The van der Waals surface area contributed by atoms with Crippen LogP contribution in [0.2, 0.25) is 5.02 Å². The van der Waals surface area contributed by atoms with E-state index in [2.05, 4.69) is 5.32 Å². The monoisotopic (exact) mass is 599 g/mol. The number of carbonyl (C=O) groups excluding carboxylic acids is 2. The minimum atomic E-state index is -3.96. The third-order valence-electron chi connectivity index (χ3n) is 6.83. The normalized spacial score (nSPS) is 12.7. The molecule has 41 heavy (non-hydrogen) atoms. The number of halogens is 1. The number of anilines is 1. The summed E-state index contributed by atoms with van der Waals surface area (Å²) in [7, 11) is -2.54. The van der Waals surface area contributed by atoms with Gasteiger partial charge in [0.15, 0.2) is 0 Å². The van der Waals surface area contributed by atoms with E-state index in [1.807, 2.05) is 75.4 Å². The van der Waals surface area contributed by atoms with Crippen molar-refractivity contribution in [3.63, 3.8) is 0 Å². The molecule has 0 aliphatic heterocycles. The Bertz CT molecular complexity index is 1430. The molecule has 1 N–H and O–H groups in total. The number of carbonyl (C=O) groups is 2. The molecule has 2 atom stereocenters. The van der Waals surface area contributed by atoms with E-state index in [0.717, 1.165) is 27.3 Å². The van der Waals surface area contributed by atoms with Crippen LogP contribution < -0.4 is 14.4 Å². The van der Waals surface area contributed by atoms with Crippen molar-refractivity contribution < 1.29 is 22.7 Å². The van der Waals surface area contributed by atoms with Gasteiger partial charge in [0.05, 0.1) is 19.1 Å². The lowest BCUT2D eigenvalue weighted by molar-refractivity contribution is -0.140. The van der Waals surface area contributed by atoms with Crippen LogP contribution in [0.25, 0.3) is 0 Å². The van der Waals surface area contributed by atoms with E-state index in [0.29, 0.717) is 6.42 Å². The van der Waals surface area contributed by atoms with Crippen molar-refractivity contribution in [2.24, 2.45) is 0 Å². The molecule has 0 spiro atoms. The number of rotatable bonds is 13. The molecular weight excluding hydrogens is 562 g/mol. The molecule has 0 aliphatic rings. The van der Waals surface area contributed by atoms with Crippen molar-refractivity contribution in [2.45, 2.75) is 52.2 Å². The van der Waals surface area contributed by atoms with Gasteiger partial charge in [-0.3, -0.25) is 13.9 Å². The Balaban J connectivity index is 2.10. The standard InChI is InChI=1S/C31H38ClN3O5S/c1-6-23(3)33-31(37)28(18-24-10-8-7-9-11-24)34(20-25-14-12-22(2)13-15-25)30(36)21-35(41(5,38)39)27-19-26(32)16-17-29(27)40-4/h7-17,19,23,28H,6,18,20-21H2,1-5H3,(H,33,37)/t23-,28-/m0/s1. The molecule has 0 fully saturated rings. The Morgan fingerprint density at radius 2 is 1.66 bits per heavy atom. The van der Waals surface area contributed by atoms with Gasteiger partial charge in [0.25, 0.3) is 0 Å². The fourth-order valence-corrected chi connectivity index (χ4v) is 5.35. The Labute approximate surface area is 248 Å².